The number of amides is 3. The molecule has 0 aliphatic carbocycles. The molecule has 1 atom stereocenters. The summed E-state index contributed by atoms with van der Waals surface area (Å²) >= 11 is 0. The molecule has 46 heavy (non-hydrogen) atoms. The highest BCUT2D eigenvalue weighted by Gasteiger charge is 2.20. The van der Waals surface area contributed by atoms with Crippen LogP contribution in [0.3, 0.4) is 0 Å². The average molecular weight is 624 g/mol. The standard InChI is InChI=1S/C37H41N3O6/c38-36(42)32(40-35(41)19-11-4-12-22-39-37(43)46-27-30-17-9-3-10-18-30)23-31-20-21-33(44-25-28-13-5-1-6-14-28)34(24-31)45-26-29-15-7-2-8-16-29/h1-3,5-10,13-18,20-21,24,32H,4,11-12,19,22-23,25-27H2,(H2,38,42)(H,39,43)(H,40,41)/t32-/m0/s1. The number of nitrogens with one attached hydrogen (secondary N) is 2. The smallest absolute Gasteiger partial charge is 0.407 e. The molecular weight excluding hydrogens is 582 g/mol. The molecule has 240 valence electrons. The van der Waals surface area contributed by atoms with Crippen LogP contribution < -0.4 is 25.8 Å². The third-order valence-electron chi connectivity index (χ3n) is 7.16. The van der Waals surface area contributed by atoms with Gasteiger partial charge >= 0.3 is 6.09 Å². The van der Waals surface area contributed by atoms with Gasteiger partial charge in [-0.25, -0.2) is 4.79 Å². The minimum absolute atomic E-state index is 0.205. The number of carbonyl (C=O) groups is 3. The molecule has 0 aromatic heterocycles. The van der Waals surface area contributed by atoms with Crippen molar-refractivity contribution in [2.75, 3.05) is 6.54 Å². The van der Waals surface area contributed by atoms with Crippen LogP contribution in [0.25, 0.3) is 0 Å². The Bertz CT molecular complexity index is 1520. The number of benzene rings is 4. The molecule has 0 spiro atoms. The number of ether oxygens (including phenoxy) is 3. The van der Waals surface area contributed by atoms with Crippen LogP contribution in [-0.2, 0) is 40.6 Å². The Labute approximate surface area is 270 Å². The highest BCUT2D eigenvalue weighted by molar-refractivity contribution is 5.86. The molecule has 0 radical (unpaired) electrons. The second kappa shape index (κ2) is 18.5. The molecule has 0 saturated carbocycles. The van der Waals surface area contributed by atoms with Crippen molar-refractivity contribution in [3.8, 4) is 11.5 Å². The van der Waals surface area contributed by atoms with E-state index in [4.69, 9.17) is 19.9 Å². The van der Waals surface area contributed by atoms with Crippen LogP contribution in [0.15, 0.2) is 109 Å². The van der Waals surface area contributed by atoms with Crippen molar-refractivity contribution >= 4 is 17.9 Å². The number of carbonyl (C=O) groups excluding carboxylic acids is 3. The van der Waals surface area contributed by atoms with Crippen molar-refractivity contribution in [1.82, 2.24) is 10.6 Å². The van der Waals surface area contributed by atoms with Gasteiger partial charge in [0.25, 0.3) is 0 Å². The monoisotopic (exact) mass is 623 g/mol. The number of rotatable bonds is 18. The van der Waals surface area contributed by atoms with Crippen LogP contribution in [0, 0.1) is 0 Å². The molecule has 0 aliphatic rings. The molecule has 0 heterocycles. The zero-order chi connectivity index (χ0) is 32.4. The topological polar surface area (TPSA) is 129 Å². The largest absolute Gasteiger partial charge is 0.485 e. The highest BCUT2D eigenvalue weighted by Crippen LogP contribution is 2.30. The fourth-order valence-corrected chi connectivity index (χ4v) is 4.66. The summed E-state index contributed by atoms with van der Waals surface area (Å²) in [4.78, 5) is 36.8. The SMILES string of the molecule is NC(=O)[C@H](Cc1ccc(OCc2ccccc2)c(OCc2ccccc2)c1)NC(=O)CCCCCNC(=O)OCc1ccccc1. The first kappa shape index (κ1) is 33.6. The Morgan fingerprint density at radius 1 is 0.630 bits per heavy atom. The van der Waals surface area contributed by atoms with E-state index in [0.29, 0.717) is 44.1 Å². The average Bonchev–Trinajstić information content (AvgIpc) is 3.08. The molecule has 0 bridgehead atoms. The molecule has 4 N–H and O–H groups in total. The van der Waals surface area contributed by atoms with E-state index in [9.17, 15) is 14.4 Å². The minimum Gasteiger partial charge on any atom is -0.485 e. The van der Waals surface area contributed by atoms with E-state index in [1.807, 2.05) is 109 Å². The van der Waals surface area contributed by atoms with Crippen LogP contribution in [-0.4, -0.2) is 30.5 Å². The van der Waals surface area contributed by atoms with Crippen molar-refractivity contribution < 1.29 is 28.6 Å². The Hall–Kier alpha value is -5.31. The van der Waals surface area contributed by atoms with E-state index < -0.39 is 18.0 Å². The lowest BCUT2D eigenvalue weighted by atomic mass is 10.0. The van der Waals surface area contributed by atoms with E-state index in [1.54, 1.807) is 0 Å². The van der Waals surface area contributed by atoms with Crippen molar-refractivity contribution in [2.24, 2.45) is 5.73 Å². The predicted molar refractivity (Wildman–Crippen MR) is 176 cm³/mol. The third kappa shape index (κ3) is 12.0. The van der Waals surface area contributed by atoms with Gasteiger partial charge in [0, 0.05) is 19.4 Å². The van der Waals surface area contributed by atoms with E-state index in [2.05, 4.69) is 10.6 Å². The summed E-state index contributed by atoms with van der Waals surface area (Å²) in [5, 5.41) is 5.49. The first-order chi connectivity index (χ1) is 22.5. The van der Waals surface area contributed by atoms with Gasteiger partial charge in [0.1, 0.15) is 25.9 Å². The number of alkyl carbamates (subject to hydrolysis) is 1. The van der Waals surface area contributed by atoms with Crippen molar-refractivity contribution in [3.63, 3.8) is 0 Å². The Kier molecular flexibility index (Phi) is 13.5. The maximum atomic E-state index is 12.7. The van der Waals surface area contributed by atoms with Gasteiger partial charge in [0.2, 0.25) is 11.8 Å². The molecule has 0 unspecified atom stereocenters. The summed E-state index contributed by atoms with van der Waals surface area (Å²) in [6.45, 7) is 1.36. The number of primary amides is 1. The number of unbranched alkanes of at least 4 members (excludes halogenated alkanes) is 2. The molecule has 4 aromatic carbocycles. The molecule has 0 aliphatic heterocycles. The van der Waals surface area contributed by atoms with E-state index in [0.717, 1.165) is 28.7 Å². The summed E-state index contributed by atoms with van der Waals surface area (Å²) in [6, 6.07) is 33.7. The number of nitrogens with two attached hydrogens (primary N) is 1. The normalized spacial score (nSPS) is 11.2. The Morgan fingerprint density at radius 2 is 1.20 bits per heavy atom. The summed E-state index contributed by atoms with van der Waals surface area (Å²) < 4.78 is 17.4. The zero-order valence-corrected chi connectivity index (χ0v) is 25.9. The zero-order valence-electron chi connectivity index (χ0n) is 25.9. The first-order valence-electron chi connectivity index (χ1n) is 15.5. The summed E-state index contributed by atoms with van der Waals surface area (Å²) in [7, 11) is 0. The molecule has 3 amide bonds. The fourth-order valence-electron chi connectivity index (χ4n) is 4.66. The van der Waals surface area contributed by atoms with Gasteiger partial charge in [-0.05, 0) is 47.2 Å². The van der Waals surface area contributed by atoms with Gasteiger partial charge in [-0.1, -0.05) is 103 Å². The highest BCUT2D eigenvalue weighted by atomic mass is 16.5. The first-order valence-corrected chi connectivity index (χ1v) is 15.5. The number of hydrogen-bond acceptors (Lipinski definition) is 6. The lowest BCUT2D eigenvalue weighted by Crippen LogP contribution is -2.45. The molecular formula is C37H41N3O6. The van der Waals surface area contributed by atoms with Crippen molar-refractivity contribution in [1.29, 1.82) is 0 Å². The molecule has 4 rings (SSSR count). The van der Waals surface area contributed by atoms with Crippen LogP contribution in [0.1, 0.15) is 47.9 Å². The van der Waals surface area contributed by atoms with E-state index >= 15 is 0 Å². The molecule has 9 heteroatoms. The second-order valence-corrected chi connectivity index (χ2v) is 10.9. The van der Waals surface area contributed by atoms with Crippen LogP contribution in [0.5, 0.6) is 11.5 Å². The van der Waals surface area contributed by atoms with Crippen LogP contribution >= 0.6 is 0 Å². The van der Waals surface area contributed by atoms with Gasteiger partial charge in [0.05, 0.1) is 0 Å². The fraction of sp³-hybridized carbons (Fsp3) is 0.270. The van der Waals surface area contributed by atoms with Gasteiger partial charge < -0.3 is 30.6 Å². The van der Waals surface area contributed by atoms with E-state index in [1.165, 1.54) is 0 Å². The van der Waals surface area contributed by atoms with Crippen molar-refractivity contribution in [3.05, 3.63) is 131 Å². The van der Waals surface area contributed by atoms with Crippen LogP contribution in [0.2, 0.25) is 0 Å². The third-order valence-corrected chi connectivity index (χ3v) is 7.16. The Balaban J connectivity index is 1.24. The molecule has 0 fully saturated rings. The minimum atomic E-state index is -0.883. The molecule has 9 nitrogen and oxygen atoms in total. The summed E-state index contributed by atoms with van der Waals surface area (Å²) in [5.74, 6) is 0.219. The Morgan fingerprint density at radius 3 is 1.78 bits per heavy atom. The van der Waals surface area contributed by atoms with Crippen molar-refractivity contribution in [2.45, 2.75) is 58.0 Å². The maximum Gasteiger partial charge on any atom is 0.407 e. The summed E-state index contributed by atoms with van der Waals surface area (Å²) in [6.07, 6.45) is 1.98. The number of hydrogen-bond donors (Lipinski definition) is 3. The van der Waals surface area contributed by atoms with Crippen LogP contribution in [0.4, 0.5) is 4.79 Å². The maximum absolute atomic E-state index is 12.7. The van der Waals surface area contributed by atoms with Gasteiger partial charge in [0.15, 0.2) is 11.5 Å². The lowest BCUT2D eigenvalue weighted by molar-refractivity contribution is -0.127. The van der Waals surface area contributed by atoms with Gasteiger partial charge in [-0.3, -0.25) is 9.59 Å². The quantitative estimate of drug-likeness (QED) is 0.119. The van der Waals surface area contributed by atoms with E-state index in [-0.39, 0.29) is 25.4 Å². The van der Waals surface area contributed by atoms with Gasteiger partial charge in [-0.2, -0.15) is 0 Å². The predicted octanol–water partition coefficient (Wildman–Crippen LogP) is 5.84. The lowest BCUT2D eigenvalue weighted by Gasteiger charge is -2.18. The second-order valence-electron chi connectivity index (χ2n) is 10.9. The van der Waals surface area contributed by atoms with Gasteiger partial charge in [-0.15, -0.1) is 0 Å². The summed E-state index contributed by atoms with van der Waals surface area (Å²) in [5.41, 5.74) is 9.38. The molecule has 0 saturated heterocycles. The molecule has 4 aromatic rings.